The second kappa shape index (κ2) is 7.63. The average Bonchev–Trinajstić information content (AvgIpc) is 3.16. The van der Waals surface area contributed by atoms with Crippen LogP contribution in [0.1, 0.15) is 22.8 Å². The smallest absolute Gasteiger partial charge is 0.234 e. The van der Waals surface area contributed by atoms with Crippen molar-refractivity contribution in [1.82, 2.24) is 29.7 Å². The molecule has 0 amide bonds. The van der Waals surface area contributed by atoms with Gasteiger partial charge in [0, 0.05) is 24.7 Å². The maximum Gasteiger partial charge on any atom is 0.234 e. The zero-order valence-corrected chi connectivity index (χ0v) is 18.5. The first-order valence-electron chi connectivity index (χ1n) is 10.3. The van der Waals surface area contributed by atoms with E-state index in [2.05, 4.69) is 29.6 Å². The minimum atomic E-state index is 0.316. The maximum absolute atomic E-state index is 6.37. The number of nitrogens with two attached hydrogens (primary N) is 1. The van der Waals surface area contributed by atoms with Crippen molar-refractivity contribution >= 4 is 22.5 Å². The molecule has 0 spiro atoms. The van der Waals surface area contributed by atoms with E-state index in [1.54, 1.807) is 7.11 Å². The number of fused-ring (bicyclic) bond motifs is 2. The van der Waals surface area contributed by atoms with Crippen molar-refractivity contribution in [3.63, 3.8) is 0 Å². The second-order valence-corrected chi connectivity index (χ2v) is 7.82. The normalized spacial score (nSPS) is 13.3. The molecule has 1 aliphatic rings. The Bertz CT molecular complexity index is 1330. The molecule has 1 aromatic carbocycles. The molecule has 32 heavy (non-hydrogen) atoms. The van der Waals surface area contributed by atoms with E-state index in [0.717, 1.165) is 47.4 Å². The fourth-order valence-electron chi connectivity index (χ4n) is 4.08. The molecular formula is C22H24N8O2. The van der Waals surface area contributed by atoms with Gasteiger partial charge in [0.25, 0.3) is 0 Å². The van der Waals surface area contributed by atoms with Gasteiger partial charge in [0.15, 0.2) is 5.82 Å². The highest BCUT2D eigenvalue weighted by molar-refractivity contribution is 5.94. The number of nitrogen functional groups attached to an aromatic ring is 1. The number of ether oxygens (including phenoxy) is 2. The molecule has 0 saturated carbocycles. The zero-order valence-electron chi connectivity index (χ0n) is 18.5. The van der Waals surface area contributed by atoms with Gasteiger partial charge in [-0.05, 0) is 32.4 Å². The van der Waals surface area contributed by atoms with Crippen molar-refractivity contribution in [2.75, 3.05) is 24.3 Å². The van der Waals surface area contributed by atoms with Gasteiger partial charge in [0.2, 0.25) is 5.88 Å². The Labute approximate surface area is 185 Å². The molecular weight excluding hydrogens is 408 g/mol. The summed E-state index contributed by atoms with van der Waals surface area (Å²) in [6.45, 7) is 8.04. The highest BCUT2D eigenvalue weighted by Crippen LogP contribution is 2.38. The van der Waals surface area contributed by atoms with E-state index in [4.69, 9.17) is 20.2 Å². The highest BCUT2D eigenvalue weighted by atomic mass is 16.5. The number of rotatable bonds is 4. The Kier molecular flexibility index (Phi) is 4.76. The number of nitrogens with zero attached hydrogens (tertiary/aromatic N) is 7. The van der Waals surface area contributed by atoms with Gasteiger partial charge in [-0.2, -0.15) is 4.98 Å². The summed E-state index contributed by atoms with van der Waals surface area (Å²) in [6.07, 6.45) is 1.45. The topological polar surface area (TPSA) is 117 Å². The van der Waals surface area contributed by atoms with Crippen molar-refractivity contribution in [3.05, 3.63) is 47.3 Å². The molecule has 0 fully saturated rings. The molecule has 4 aromatic rings. The van der Waals surface area contributed by atoms with Crippen LogP contribution in [-0.4, -0.2) is 43.4 Å². The van der Waals surface area contributed by atoms with Gasteiger partial charge in [-0.15, -0.1) is 10.2 Å². The lowest BCUT2D eigenvalue weighted by Gasteiger charge is -2.29. The minimum absolute atomic E-state index is 0.316. The van der Waals surface area contributed by atoms with Gasteiger partial charge in [0.05, 0.1) is 19.2 Å². The summed E-state index contributed by atoms with van der Waals surface area (Å²) >= 11 is 0. The van der Waals surface area contributed by atoms with E-state index >= 15 is 0 Å². The number of hydrogen-bond donors (Lipinski definition) is 1. The average molecular weight is 432 g/mol. The van der Waals surface area contributed by atoms with E-state index in [9.17, 15) is 0 Å². The van der Waals surface area contributed by atoms with Gasteiger partial charge in [0.1, 0.15) is 40.7 Å². The fraction of sp³-hybridized carbons (Fsp3) is 0.318. The second-order valence-electron chi connectivity index (χ2n) is 7.82. The van der Waals surface area contributed by atoms with Gasteiger partial charge >= 0.3 is 0 Å². The quantitative estimate of drug-likeness (QED) is 0.519. The molecule has 10 nitrogen and oxygen atoms in total. The molecule has 0 radical (unpaired) electrons. The largest absolute Gasteiger partial charge is 0.496 e. The van der Waals surface area contributed by atoms with Gasteiger partial charge in [-0.25, -0.2) is 9.97 Å². The van der Waals surface area contributed by atoms with Crippen LogP contribution in [0.3, 0.4) is 0 Å². The predicted octanol–water partition coefficient (Wildman–Crippen LogP) is 2.94. The Balaban J connectivity index is 1.61. The van der Waals surface area contributed by atoms with Crippen LogP contribution in [0.15, 0.2) is 24.5 Å². The number of methoxy groups -OCH3 is 1. The van der Waals surface area contributed by atoms with E-state index in [1.165, 1.54) is 6.33 Å². The molecule has 5 rings (SSSR count). The molecule has 0 atom stereocenters. The SMILES string of the molecule is COc1ccc(C)c(Oc2nc(N3CCn4c(C)nnc4C3)cc3ncnc(N)c23)c1C. The molecule has 164 valence electrons. The third-order valence-corrected chi connectivity index (χ3v) is 5.84. The third kappa shape index (κ3) is 3.24. The Morgan fingerprint density at radius 2 is 1.91 bits per heavy atom. The molecule has 2 N–H and O–H groups in total. The number of aryl methyl sites for hydroxylation is 2. The third-order valence-electron chi connectivity index (χ3n) is 5.84. The van der Waals surface area contributed by atoms with Gasteiger partial charge < -0.3 is 24.7 Å². The summed E-state index contributed by atoms with van der Waals surface area (Å²) in [5.41, 5.74) is 8.71. The Morgan fingerprint density at radius 1 is 1.06 bits per heavy atom. The molecule has 3 aromatic heterocycles. The first kappa shape index (κ1) is 20.0. The molecule has 10 heteroatoms. The van der Waals surface area contributed by atoms with E-state index < -0.39 is 0 Å². The minimum Gasteiger partial charge on any atom is -0.496 e. The molecule has 0 saturated heterocycles. The Morgan fingerprint density at radius 3 is 2.72 bits per heavy atom. The van der Waals surface area contributed by atoms with Crippen molar-refractivity contribution < 1.29 is 9.47 Å². The van der Waals surface area contributed by atoms with Crippen LogP contribution in [0, 0.1) is 20.8 Å². The van der Waals surface area contributed by atoms with Crippen molar-refractivity contribution in [2.45, 2.75) is 33.9 Å². The zero-order chi connectivity index (χ0) is 22.4. The van der Waals surface area contributed by atoms with Crippen LogP contribution in [-0.2, 0) is 13.1 Å². The van der Waals surface area contributed by atoms with Crippen molar-refractivity contribution in [1.29, 1.82) is 0 Å². The maximum atomic E-state index is 6.37. The highest BCUT2D eigenvalue weighted by Gasteiger charge is 2.23. The number of pyridine rings is 1. The monoisotopic (exact) mass is 432 g/mol. The summed E-state index contributed by atoms with van der Waals surface area (Å²) in [5, 5.41) is 9.06. The number of hydrogen-bond acceptors (Lipinski definition) is 9. The fourth-order valence-corrected chi connectivity index (χ4v) is 4.08. The van der Waals surface area contributed by atoms with Crippen LogP contribution >= 0.6 is 0 Å². The van der Waals surface area contributed by atoms with Crippen LogP contribution in [0.2, 0.25) is 0 Å². The van der Waals surface area contributed by atoms with E-state index in [1.807, 2.05) is 39.0 Å². The van der Waals surface area contributed by atoms with Gasteiger partial charge in [-0.1, -0.05) is 6.07 Å². The number of anilines is 2. The number of benzene rings is 1. The summed E-state index contributed by atoms with van der Waals surface area (Å²) in [7, 11) is 1.64. The van der Waals surface area contributed by atoms with Crippen molar-refractivity contribution in [2.24, 2.45) is 0 Å². The van der Waals surface area contributed by atoms with Crippen LogP contribution in [0.4, 0.5) is 11.6 Å². The molecule has 4 heterocycles. The van der Waals surface area contributed by atoms with Crippen LogP contribution in [0.25, 0.3) is 10.9 Å². The number of aromatic nitrogens is 6. The lowest BCUT2D eigenvalue weighted by atomic mass is 10.1. The molecule has 1 aliphatic heterocycles. The summed E-state index contributed by atoms with van der Waals surface area (Å²) < 4.78 is 14.0. The lowest BCUT2D eigenvalue weighted by molar-refractivity contribution is 0.402. The Hall–Kier alpha value is -3.95. The van der Waals surface area contributed by atoms with Crippen LogP contribution < -0.4 is 20.1 Å². The standard InChI is InChI=1S/C22H24N8O2/c1-12-5-6-16(31-4)13(2)20(12)32-22-19-15(24-11-25-21(19)23)9-17(26-22)29-7-8-30-14(3)27-28-18(30)10-29/h5-6,9,11H,7-8,10H2,1-4H3,(H2,23,24,25). The first-order chi connectivity index (χ1) is 15.5. The van der Waals surface area contributed by atoms with Gasteiger partial charge in [-0.3, -0.25) is 0 Å². The summed E-state index contributed by atoms with van der Waals surface area (Å²) in [4.78, 5) is 15.6. The molecule has 0 bridgehead atoms. The molecule has 0 unspecified atom stereocenters. The van der Waals surface area contributed by atoms with E-state index in [-0.39, 0.29) is 0 Å². The lowest BCUT2D eigenvalue weighted by Crippen LogP contribution is -2.34. The van der Waals surface area contributed by atoms with E-state index in [0.29, 0.717) is 34.9 Å². The first-order valence-corrected chi connectivity index (χ1v) is 10.3. The summed E-state index contributed by atoms with van der Waals surface area (Å²) in [5.74, 6) is 4.64. The van der Waals surface area contributed by atoms with Crippen LogP contribution in [0.5, 0.6) is 17.4 Å². The summed E-state index contributed by atoms with van der Waals surface area (Å²) in [6, 6.07) is 5.78. The van der Waals surface area contributed by atoms with Crippen molar-refractivity contribution in [3.8, 4) is 17.4 Å². The predicted molar refractivity (Wildman–Crippen MR) is 120 cm³/mol. The molecule has 0 aliphatic carbocycles.